The summed E-state index contributed by atoms with van der Waals surface area (Å²) in [4.78, 5) is 4.04. The van der Waals surface area contributed by atoms with Gasteiger partial charge in [-0.1, -0.05) is 13.8 Å². The fourth-order valence-electron chi connectivity index (χ4n) is 2.32. The Morgan fingerprint density at radius 2 is 1.89 bits per heavy atom. The van der Waals surface area contributed by atoms with Crippen molar-refractivity contribution in [2.24, 2.45) is 5.41 Å². The van der Waals surface area contributed by atoms with Crippen molar-refractivity contribution in [3.63, 3.8) is 0 Å². The van der Waals surface area contributed by atoms with Crippen LogP contribution in [-0.4, -0.2) is 23.2 Å². The second-order valence-corrected chi connectivity index (χ2v) is 5.06. The number of nitrogens with zero attached hydrogens (tertiary/aromatic N) is 1. The van der Waals surface area contributed by atoms with Gasteiger partial charge in [-0.3, -0.25) is 4.98 Å². The highest BCUT2D eigenvalue weighted by Crippen LogP contribution is 2.30. The lowest BCUT2D eigenvalue weighted by Gasteiger charge is -2.33. The average Bonchev–Trinajstić information content (AvgIpc) is 2.44. The lowest BCUT2D eigenvalue weighted by Crippen LogP contribution is -2.35. The van der Waals surface area contributed by atoms with Gasteiger partial charge in [-0.15, -0.1) is 0 Å². The third-order valence-corrected chi connectivity index (χ3v) is 4.13. The Bertz CT molecular complexity index is 323. The molecular weight excluding hydrogens is 224 g/mol. The van der Waals surface area contributed by atoms with E-state index in [1.165, 1.54) is 5.56 Å². The summed E-state index contributed by atoms with van der Waals surface area (Å²) in [5, 5.41) is 12.8. The number of aliphatic hydroxyl groups is 1. The number of hydrogen-bond acceptors (Lipinski definition) is 3. The molecule has 1 atom stereocenters. The Hall–Kier alpha value is -0.930. The van der Waals surface area contributed by atoms with Gasteiger partial charge in [-0.2, -0.15) is 0 Å². The Morgan fingerprint density at radius 1 is 1.28 bits per heavy atom. The molecule has 0 saturated carbocycles. The van der Waals surface area contributed by atoms with Crippen LogP contribution in [0.4, 0.5) is 0 Å². The first-order valence-electron chi connectivity index (χ1n) is 6.91. The summed E-state index contributed by atoms with van der Waals surface area (Å²) in [5.74, 6) is 0. The molecule has 0 aromatic carbocycles. The molecule has 2 N–H and O–H groups in total. The zero-order valence-corrected chi connectivity index (χ0v) is 11.8. The zero-order chi connectivity index (χ0) is 13.4. The molecule has 0 amide bonds. The Morgan fingerprint density at radius 3 is 2.39 bits per heavy atom. The van der Waals surface area contributed by atoms with Crippen molar-refractivity contribution in [2.45, 2.75) is 46.1 Å². The van der Waals surface area contributed by atoms with Crippen molar-refractivity contribution >= 4 is 0 Å². The Balaban J connectivity index is 2.57. The highest BCUT2D eigenvalue weighted by molar-refractivity contribution is 5.13. The zero-order valence-electron chi connectivity index (χ0n) is 11.8. The molecule has 0 aliphatic carbocycles. The lowest BCUT2D eigenvalue weighted by molar-refractivity contribution is 0.160. The van der Waals surface area contributed by atoms with Crippen LogP contribution in [0.5, 0.6) is 0 Å². The van der Waals surface area contributed by atoms with Crippen LogP contribution in [0.15, 0.2) is 24.5 Å². The average molecular weight is 250 g/mol. The quantitative estimate of drug-likeness (QED) is 0.745. The monoisotopic (exact) mass is 250 g/mol. The number of aromatic nitrogens is 1. The van der Waals surface area contributed by atoms with Crippen molar-refractivity contribution in [1.29, 1.82) is 0 Å². The summed E-state index contributed by atoms with van der Waals surface area (Å²) >= 11 is 0. The molecule has 0 saturated heterocycles. The summed E-state index contributed by atoms with van der Waals surface area (Å²) in [7, 11) is 0. The van der Waals surface area contributed by atoms with Crippen LogP contribution in [0.3, 0.4) is 0 Å². The molecule has 18 heavy (non-hydrogen) atoms. The molecular formula is C15H26N2O. The van der Waals surface area contributed by atoms with E-state index in [0.717, 1.165) is 25.8 Å². The molecule has 0 fully saturated rings. The number of nitrogens with one attached hydrogen (secondary N) is 1. The maximum Gasteiger partial charge on any atom is 0.0436 e. The van der Waals surface area contributed by atoms with Crippen LogP contribution in [0.25, 0.3) is 0 Å². The van der Waals surface area contributed by atoms with Crippen molar-refractivity contribution in [3.8, 4) is 0 Å². The van der Waals surface area contributed by atoms with Crippen LogP contribution < -0.4 is 5.32 Å². The summed E-state index contributed by atoms with van der Waals surface area (Å²) < 4.78 is 0. The second-order valence-electron chi connectivity index (χ2n) is 5.06. The summed E-state index contributed by atoms with van der Waals surface area (Å²) in [6.07, 6.45) is 6.72. The third kappa shape index (κ3) is 4.07. The van der Waals surface area contributed by atoms with E-state index in [1.54, 1.807) is 0 Å². The summed E-state index contributed by atoms with van der Waals surface area (Å²) in [6.45, 7) is 7.80. The third-order valence-electron chi connectivity index (χ3n) is 4.13. The van der Waals surface area contributed by atoms with Crippen LogP contribution in [0.2, 0.25) is 0 Å². The van der Waals surface area contributed by atoms with Crippen molar-refractivity contribution in [3.05, 3.63) is 30.1 Å². The predicted octanol–water partition coefficient (Wildman–Crippen LogP) is 2.92. The molecule has 1 heterocycles. The lowest BCUT2D eigenvalue weighted by atomic mass is 9.79. The minimum absolute atomic E-state index is 0.218. The second kappa shape index (κ2) is 7.49. The fraction of sp³-hybridized carbons (Fsp3) is 0.667. The number of aliphatic hydroxyl groups excluding tert-OH is 1. The molecule has 3 heteroatoms. The van der Waals surface area contributed by atoms with Gasteiger partial charge >= 0.3 is 0 Å². The maximum absolute atomic E-state index is 9.21. The van der Waals surface area contributed by atoms with Crippen molar-refractivity contribution in [1.82, 2.24) is 10.3 Å². The molecule has 0 spiro atoms. The van der Waals surface area contributed by atoms with Crippen LogP contribution in [-0.2, 0) is 0 Å². The molecule has 102 valence electrons. The van der Waals surface area contributed by atoms with Gasteiger partial charge in [-0.05, 0) is 49.3 Å². The normalized spacial score (nSPS) is 13.6. The molecule has 1 rings (SSSR count). The topological polar surface area (TPSA) is 45.1 Å². The Kier molecular flexibility index (Phi) is 6.30. The summed E-state index contributed by atoms with van der Waals surface area (Å²) in [6, 6.07) is 4.41. The number of rotatable bonds is 8. The van der Waals surface area contributed by atoms with Gasteiger partial charge < -0.3 is 10.4 Å². The highest BCUT2D eigenvalue weighted by atomic mass is 16.3. The number of pyridine rings is 1. The fourth-order valence-corrected chi connectivity index (χ4v) is 2.32. The van der Waals surface area contributed by atoms with E-state index in [0.29, 0.717) is 6.04 Å². The largest absolute Gasteiger partial charge is 0.396 e. The minimum Gasteiger partial charge on any atom is -0.396 e. The van der Waals surface area contributed by atoms with Gasteiger partial charge in [0.15, 0.2) is 0 Å². The van der Waals surface area contributed by atoms with Gasteiger partial charge in [-0.25, -0.2) is 0 Å². The smallest absolute Gasteiger partial charge is 0.0436 e. The van der Waals surface area contributed by atoms with Gasteiger partial charge in [0, 0.05) is 31.6 Å². The van der Waals surface area contributed by atoms with Crippen LogP contribution >= 0.6 is 0 Å². The maximum atomic E-state index is 9.21. The van der Waals surface area contributed by atoms with E-state index in [1.807, 2.05) is 24.5 Å². The van der Waals surface area contributed by atoms with E-state index >= 15 is 0 Å². The molecule has 1 aromatic rings. The van der Waals surface area contributed by atoms with E-state index in [9.17, 15) is 5.11 Å². The van der Waals surface area contributed by atoms with E-state index < -0.39 is 0 Å². The van der Waals surface area contributed by atoms with Gasteiger partial charge in [0.2, 0.25) is 0 Å². The van der Waals surface area contributed by atoms with Crippen molar-refractivity contribution in [2.75, 3.05) is 13.2 Å². The van der Waals surface area contributed by atoms with Crippen LogP contribution in [0, 0.1) is 5.41 Å². The molecule has 0 aliphatic rings. The first-order chi connectivity index (χ1) is 8.67. The van der Waals surface area contributed by atoms with Gasteiger partial charge in [0.05, 0.1) is 0 Å². The van der Waals surface area contributed by atoms with E-state index in [4.69, 9.17) is 0 Å². The first-order valence-corrected chi connectivity index (χ1v) is 6.91. The molecule has 1 aromatic heterocycles. The Labute approximate surface area is 111 Å². The van der Waals surface area contributed by atoms with Crippen molar-refractivity contribution < 1.29 is 5.11 Å². The van der Waals surface area contributed by atoms with E-state index in [2.05, 4.69) is 31.1 Å². The molecule has 0 aliphatic heterocycles. The van der Waals surface area contributed by atoms with Crippen LogP contribution in [0.1, 0.15) is 51.6 Å². The molecule has 3 nitrogen and oxygen atoms in total. The standard InChI is InChI=1S/C15H26N2O/c1-4-15(5-2,8-11-18)12-17-13(3)14-6-9-16-10-7-14/h6-7,9-10,13,17-18H,4-5,8,11-12H2,1-3H3. The van der Waals surface area contributed by atoms with Gasteiger partial charge in [0.25, 0.3) is 0 Å². The molecule has 1 unspecified atom stereocenters. The number of hydrogen-bond donors (Lipinski definition) is 2. The molecule has 0 radical (unpaired) electrons. The SMILES string of the molecule is CCC(CC)(CCO)CNC(C)c1ccncc1. The van der Waals surface area contributed by atoms with Gasteiger partial charge in [0.1, 0.15) is 0 Å². The first kappa shape index (κ1) is 15.1. The minimum atomic E-state index is 0.218. The summed E-state index contributed by atoms with van der Waals surface area (Å²) in [5.41, 5.74) is 1.48. The highest BCUT2D eigenvalue weighted by Gasteiger charge is 2.25. The van der Waals surface area contributed by atoms with E-state index in [-0.39, 0.29) is 12.0 Å². The predicted molar refractivity (Wildman–Crippen MR) is 75.4 cm³/mol. The molecule has 0 bridgehead atoms.